The van der Waals surface area contributed by atoms with Gasteiger partial charge in [0.1, 0.15) is 5.54 Å². The number of amides is 1. The number of nitrogens with zero attached hydrogens (tertiary/aromatic N) is 2. The molecule has 1 aliphatic rings. The molecule has 17 heavy (non-hydrogen) atoms. The minimum Gasteiger partial charge on any atom is -0.342 e. The van der Waals surface area contributed by atoms with Crippen LogP contribution in [0.2, 0.25) is 0 Å². The molecule has 1 heterocycles. The van der Waals surface area contributed by atoms with Crippen molar-refractivity contribution >= 4 is 17.7 Å². The van der Waals surface area contributed by atoms with E-state index >= 15 is 0 Å². The highest BCUT2D eigenvalue weighted by atomic mass is 32.2. The quantitative estimate of drug-likeness (QED) is 0.728. The molecule has 1 atom stereocenters. The third kappa shape index (κ3) is 5.42. The summed E-state index contributed by atoms with van der Waals surface area (Å²) >= 11 is 1.64. The van der Waals surface area contributed by atoms with Gasteiger partial charge in [0.15, 0.2) is 0 Å². The Labute approximate surface area is 108 Å². The lowest BCUT2D eigenvalue weighted by Gasteiger charge is -2.16. The van der Waals surface area contributed by atoms with Crippen molar-refractivity contribution in [1.82, 2.24) is 4.90 Å². The summed E-state index contributed by atoms with van der Waals surface area (Å²) in [4.78, 5) is 13.6. The Bertz CT molecular complexity index is 293. The first-order chi connectivity index (χ1) is 8.05. The predicted molar refractivity (Wildman–Crippen MR) is 70.6 cm³/mol. The van der Waals surface area contributed by atoms with Crippen LogP contribution in [-0.2, 0) is 4.79 Å². The zero-order valence-electron chi connectivity index (χ0n) is 10.4. The monoisotopic (exact) mass is 255 g/mol. The summed E-state index contributed by atoms with van der Waals surface area (Å²) < 4.78 is 0. The maximum atomic E-state index is 11.7. The lowest BCUT2D eigenvalue weighted by molar-refractivity contribution is -0.127. The number of likely N-dealkylation sites (tertiary alicyclic amines) is 1. The highest BCUT2D eigenvalue weighted by Gasteiger charge is 2.18. The van der Waals surface area contributed by atoms with Crippen LogP contribution in [0.1, 0.15) is 32.6 Å². The van der Waals surface area contributed by atoms with Crippen LogP contribution >= 0.6 is 11.8 Å². The molecule has 0 radical (unpaired) electrons. The zero-order valence-corrected chi connectivity index (χ0v) is 11.3. The van der Waals surface area contributed by atoms with Gasteiger partial charge < -0.3 is 10.6 Å². The molecule has 5 heteroatoms. The molecule has 0 saturated carbocycles. The summed E-state index contributed by atoms with van der Waals surface area (Å²) in [5.41, 5.74) is 4.99. The van der Waals surface area contributed by atoms with Gasteiger partial charge in [-0.15, -0.1) is 0 Å². The van der Waals surface area contributed by atoms with Crippen molar-refractivity contribution in [1.29, 1.82) is 5.26 Å². The Balaban J connectivity index is 2.04. The molecule has 1 saturated heterocycles. The van der Waals surface area contributed by atoms with Gasteiger partial charge in [-0.1, -0.05) is 0 Å². The topological polar surface area (TPSA) is 70.1 Å². The van der Waals surface area contributed by atoms with Crippen molar-refractivity contribution in [2.45, 2.75) is 38.1 Å². The van der Waals surface area contributed by atoms with Crippen LogP contribution in [-0.4, -0.2) is 40.9 Å². The standard InChI is InChI=1S/C12H21N3OS/c1-12(14,10-13)5-4-8-17-9-11(16)15-6-2-3-7-15/h2-9,14H2,1H3. The average Bonchev–Trinajstić information content (AvgIpc) is 2.82. The van der Waals surface area contributed by atoms with Crippen molar-refractivity contribution in [3.63, 3.8) is 0 Å². The van der Waals surface area contributed by atoms with Crippen molar-refractivity contribution in [2.24, 2.45) is 5.73 Å². The van der Waals surface area contributed by atoms with Crippen LogP contribution in [0, 0.1) is 11.3 Å². The second-order valence-electron chi connectivity index (χ2n) is 4.77. The summed E-state index contributed by atoms with van der Waals surface area (Å²) in [5.74, 6) is 1.71. The Kier molecular flexibility index (Phi) is 5.79. The summed E-state index contributed by atoms with van der Waals surface area (Å²) in [6.45, 7) is 3.59. The van der Waals surface area contributed by atoms with Crippen molar-refractivity contribution in [2.75, 3.05) is 24.6 Å². The van der Waals surface area contributed by atoms with Gasteiger partial charge >= 0.3 is 0 Å². The van der Waals surface area contributed by atoms with Gasteiger partial charge in [0.25, 0.3) is 0 Å². The number of hydrogen-bond donors (Lipinski definition) is 1. The summed E-state index contributed by atoms with van der Waals surface area (Å²) in [5, 5.41) is 8.74. The fourth-order valence-electron chi connectivity index (χ4n) is 1.81. The van der Waals surface area contributed by atoms with E-state index in [4.69, 9.17) is 11.0 Å². The molecule has 1 aliphatic heterocycles. The summed E-state index contributed by atoms with van der Waals surface area (Å²) in [6.07, 6.45) is 3.86. The van der Waals surface area contributed by atoms with Gasteiger partial charge in [0.05, 0.1) is 11.8 Å². The van der Waals surface area contributed by atoms with E-state index < -0.39 is 5.54 Å². The number of thioether (sulfide) groups is 1. The molecule has 0 aromatic heterocycles. The number of rotatable bonds is 6. The van der Waals surface area contributed by atoms with Crippen LogP contribution in [0.25, 0.3) is 0 Å². The second kappa shape index (κ2) is 6.87. The minimum atomic E-state index is -0.723. The molecule has 2 N–H and O–H groups in total. The van der Waals surface area contributed by atoms with Gasteiger partial charge in [0.2, 0.25) is 5.91 Å². The third-order valence-corrected chi connectivity index (χ3v) is 3.95. The molecule has 0 bridgehead atoms. The number of hydrogen-bond acceptors (Lipinski definition) is 4. The Morgan fingerprint density at radius 3 is 2.76 bits per heavy atom. The van der Waals surface area contributed by atoms with E-state index in [9.17, 15) is 4.79 Å². The molecule has 0 spiro atoms. The molecule has 1 rings (SSSR count). The average molecular weight is 255 g/mol. The Morgan fingerprint density at radius 1 is 1.53 bits per heavy atom. The third-order valence-electron chi connectivity index (χ3n) is 2.92. The molecule has 1 fully saturated rings. The van der Waals surface area contributed by atoms with Gasteiger partial charge in [-0.2, -0.15) is 17.0 Å². The molecular formula is C12H21N3OS. The second-order valence-corrected chi connectivity index (χ2v) is 5.88. The van der Waals surface area contributed by atoms with Gasteiger partial charge in [-0.05, 0) is 38.4 Å². The van der Waals surface area contributed by atoms with E-state index in [1.807, 2.05) is 4.90 Å². The molecule has 4 nitrogen and oxygen atoms in total. The van der Waals surface area contributed by atoms with Crippen LogP contribution in [0.4, 0.5) is 0 Å². The number of nitrogens with two attached hydrogens (primary N) is 1. The van der Waals surface area contributed by atoms with E-state index in [0.29, 0.717) is 12.2 Å². The van der Waals surface area contributed by atoms with Crippen molar-refractivity contribution in [3.05, 3.63) is 0 Å². The van der Waals surface area contributed by atoms with Crippen molar-refractivity contribution < 1.29 is 4.79 Å². The Morgan fingerprint density at radius 2 is 2.18 bits per heavy atom. The number of nitriles is 1. The minimum absolute atomic E-state index is 0.253. The van der Waals surface area contributed by atoms with Crippen LogP contribution in [0.3, 0.4) is 0 Å². The maximum absolute atomic E-state index is 11.7. The normalized spacial score (nSPS) is 18.8. The lowest BCUT2D eigenvalue weighted by atomic mass is 10.0. The van der Waals surface area contributed by atoms with E-state index in [1.54, 1.807) is 18.7 Å². The molecule has 1 unspecified atom stereocenters. The fraction of sp³-hybridized carbons (Fsp3) is 0.833. The summed E-state index contributed by atoms with van der Waals surface area (Å²) in [6, 6.07) is 2.08. The molecular weight excluding hydrogens is 234 g/mol. The van der Waals surface area contributed by atoms with Crippen LogP contribution < -0.4 is 5.73 Å². The largest absolute Gasteiger partial charge is 0.342 e. The summed E-state index contributed by atoms with van der Waals surface area (Å²) in [7, 11) is 0. The van der Waals surface area contributed by atoms with E-state index in [1.165, 1.54) is 0 Å². The molecule has 0 aromatic rings. The van der Waals surface area contributed by atoms with Gasteiger partial charge in [-0.25, -0.2) is 0 Å². The predicted octanol–water partition coefficient (Wildman–Crippen LogP) is 1.36. The van der Waals surface area contributed by atoms with E-state index in [-0.39, 0.29) is 5.91 Å². The highest BCUT2D eigenvalue weighted by Crippen LogP contribution is 2.14. The zero-order chi connectivity index (χ0) is 12.7. The van der Waals surface area contributed by atoms with Gasteiger partial charge in [0, 0.05) is 13.1 Å². The molecule has 96 valence electrons. The van der Waals surface area contributed by atoms with E-state index in [2.05, 4.69) is 6.07 Å². The molecule has 1 amide bonds. The smallest absolute Gasteiger partial charge is 0.232 e. The first-order valence-electron chi connectivity index (χ1n) is 6.11. The molecule has 0 aromatic carbocycles. The van der Waals surface area contributed by atoms with E-state index in [0.717, 1.165) is 38.1 Å². The van der Waals surface area contributed by atoms with Crippen LogP contribution in [0.5, 0.6) is 0 Å². The highest BCUT2D eigenvalue weighted by molar-refractivity contribution is 7.99. The number of carbonyl (C=O) groups excluding carboxylic acids is 1. The number of carbonyl (C=O) groups is 1. The van der Waals surface area contributed by atoms with Crippen LogP contribution in [0.15, 0.2) is 0 Å². The first-order valence-corrected chi connectivity index (χ1v) is 7.26. The lowest BCUT2D eigenvalue weighted by Crippen LogP contribution is -2.34. The fourth-order valence-corrected chi connectivity index (χ4v) is 2.66. The maximum Gasteiger partial charge on any atom is 0.232 e. The van der Waals surface area contributed by atoms with Crippen molar-refractivity contribution in [3.8, 4) is 6.07 Å². The SMILES string of the molecule is CC(N)(C#N)CCCSCC(=O)N1CCCC1. The Hall–Kier alpha value is -0.730. The molecule has 0 aliphatic carbocycles. The van der Waals surface area contributed by atoms with Gasteiger partial charge in [-0.3, -0.25) is 4.79 Å². The first kappa shape index (κ1) is 14.3.